The molecule has 0 radical (unpaired) electrons. The normalized spacial score (nSPS) is 17.3. The lowest BCUT2D eigenvalue weighted by atomic mass is 9.97. The first-order valence-corrected chi connectivity index (χ1v) is 8.05. The number of nitrogens with zero attached hydrogens (tertiary/aromatic N) is 1. The van der Waals surface area contributed by atoms with Gasteiger partial charge >= 0.3 is 6.09 Å². The van der Waals surface area contributed by atoms with E-state index in [1.54, 1.807) is 7.11 Å². The van der Waals surface area contributed by atoms with Gasteiger partial charge in [-0.1, -0.05) is 25.1 Å². The van der Waals surface area contributed by atoms with Crippen LogP contribution >= 0.6 is 22.6 Å². The number of amides is 1. The Morgan fingerprint density at radius 1 is 1.48 bits per heavy atom. The zero-order valence-corrected chi connectivity index (χ0v) is 14.4. The summed E-state index contributed by atoms with van der Waals surface area (Å²) in [5.74, 6) is 0. The molecule has 116 valence electrons. The number of carbonyl (C=O) groups is 1. The SMILES string of the molecule is CCC(OCOC)(c1ccccc1I)N(C(=O)O)C1CC1. The van der Waals surface area contributed by atoms with Crippen LogP contribution in [0.5, 0.6) is 0 Å². The highest BCUT2D eigenvalue weighted by molar-refractivity contribution is 14.1. The van der Waals surface area contributed by atoms with Crippen LogP contribution in [0.15, 0.2) is 24.3 Å². The molecule has 0 spiro atoms. The van der Waals surface area contributed by atoms with Crippen LogP contribution in [0.4, 0.5) is 4.79 Å². The molecule has 0 aliphatic heterocycles. The van der Waals surface area contributed by atoms with Crippen molar-refractivity contribution in [1.29, 1.82) is 0 Å². The Morgan fingerprint density at radius 3 is 2.62 bits per heavy atom. The van der Waals surface area contributed by atoms with E-state index >= 15 is 0 Å². The predicted octanol–water partition coefficient (Wildman–Crippen LogP) is 3.62. The van der Waals surface area contributed by atoms with Gasteiger partial charge in [0.1, 0.15) is 6.79 Å². The first kappa shape index (κ1) is 16.5. The molecule has 1 aromatic rings. The molecule has 0 saturated heterocycles. The van der Waals surface area contributed by atoms with Crippen LogP contribution in [-0.4, -0.2) is 36.0 Å². The van der Waals surface area contributed by atoms with Crippen molar-refractivity contribution in [3.05, 3.63) is 33.4 Å². The summed E-state index contributed by atoms with van der Waals surface area (Å²) in [6.45, 7) is 1.99. The van der Waals surface area contributed by atoms with E-state index in [1.807, 2.05) is 31.2 Å². The summed E-state index contributed by atoms with van der Waals surface area (Å²) in [6.07, 6.45) is 1.34. The number of rotatable bonds is 7. The molecular formula is C15H20INO4. The molecule has 0 aromatic heterocycles. The quantitative estimate of drug-likeness (QED) is 0.556. The average molecular weight is 405 g/mol. The molecule has 1 amide bonds. The molecule has 1 aliphatic carbocycles. The summed E-state index contributed by atoms with van der Waals surface area (Å²) in [7, 11) is 1.54. The van der Waals surface area contributed by atoms with Gasteiger partial charge in [0.15, 0.2) is 5.72 Å². The molecule has 0 heterocycles. The smallest absolute Gasteiger partial charge is 0.410 e. The zero-order chi connectivity index (χ0) is 15.5. The van der Waals surface area contributed by atoms with Gasteiger partial charge in [-0.15, -0.1) is 0 Å². The van der Waals surface area contributed by atoms with Gasteiger partial charge in [-0.05, 0) is 47.9 Å². The largest absolute Gasteiger partial charge is 0.465 e. The number of ether oxygens (including phenoxy) is 2. The lowest BCUT2D eigenvalue weighted by Gasteiger charge is -2.42. The van der Waals surface area contributed by atoms with Crippen molar-refractivity contribution >= 4 is 28.7 Å². The Kier molecular flexibility index (Phi) is 5.45. The Hall–Kier alpha value is -0.860. The minimum Gasteiger partial charge on any atom is -0.465 e. The summed E-state index contributed by atoms with van der Waals surface area (Å²) in [4.78, 5) is 13.3. The molecule has 1 atom stereocenters. The molecule has 21 heavy (non-hydrogen) atoms. The van der Waals surface area contributed by atoms with Crippen LogP contribution in [-0.2, 0) is 15.2 Å². The number of carboxylic acid groups (broad SMARTS) is 1. The van der Waals surface area contributed by atoms with E-state index < -0.39 is 11.8 Å². The summed E-state index contributed by atoms with van der Waals surface area (Å²) >= 11 is 2.22. The molecule has 1 aromatic carbocycles. The van der Waals surface area contributed by atoms with Crippen molar-refractivity contribution < 1.29 is 19.4 Å². The molecule has 0 bridgehead atoms. The Balaban J connectivity index is 2.51. The maximum Gasteiger partial charge on any atom is 0.410 e. The topological polar surface area (TPSA) is 59.0 Å². The summed E-state index contributed by atoms with van der Waals surface area (Å²) < 4.78 is 12.0. The van der Waals surface area contributed by atoms with Crippen molar-refractivity contribution in [3.8, 4) is 0 Å². The van der Waals surface area contributed by atoms with Gasteiger partial charge in [-0.25, -0.2) is 4.79 Å². The van der Waals surface area contributed by atoms with Crippen LogP contribution in [0.1, 0.15) is 31.7 Å². The van der Waals surface area contributed by atoms with Crippen molar-refractivity contribution in [2.75, 3.05) is 13.9 Å². The molecule has 1 aliphatic rings. The molecule has 5 nitrogen and oxygen atoms in total. The highest BCUT2D eigenvalue weighted by Crippen LogP contribution is 2.43. The summed E-state index contributed by atoms with van der Waals surface area (Å²) in [6, 6.07) is 7.76. The second-order valence-corrected chi connectivity index (χ2v) is 6.21. The predicted molar refractivity (Wildman–Crippen MR) is 87.0 cm³/mol. The Labute approximate surface area is 138 Å². The van der Waals surface area contributed by atoms with Gasteiger partial charge in [0, 0.05) is 22.3 Å². The molecule has 2 rings (SSSR count). The van der Waals surface area contributed by atoms with Gasteiger partial charge in [0.2, 0.25) is 0 Å². The molecule has 1 unspecified atom stereocenters. The van der Waals surface area contributed by atoms with Crippen LogP contribution < -0.4 is 0 Å². The standard InChI is InChI=1S/C15H20INO4/c1-3-15(21-10-20-2,12-6-4-5-7-13(12)16)17(14(18)19)11-8-9-11/h4-7,11H,3,8-10H2,1-2H3,(H,18,19). The number of halogens is 1. The van der Waals surface area contributed by atoms with Gasteiger partial charge in [-0.3, -0.25) is 4.90 Å². The van der Waals surface area contributed by atoms with E-state index in [1.165, 1.54) is 4.90 Å². The van der Waals surface area contributed by atoms with Crippen molar-refractivity contribution in [2.24, 2.45) is 0 Å². The van der Waals surface area contributed by atoms with E-state index in [0.29, 0.717) is 6.42 Å². The zero-order valence-electron chi connectivity index (χ0n) is 12.2. The molecule has 1 saturated carbocycles. The second-order valence-electron chi connectivity index (χ2n) is 5.05. The van der Waals surface area contributed by atoms with Gasteiger partial charge in [0.25, 0.3) is 0 Å². The lowest BCUT2D eigenvalue weighted by Crippen LogP contribution is -2.52. The average Bonchev–Trinajstić information content (AvgIpc) is 3.28. The molecular weight excluding hydrogens is 385 g/mol. The monoisotopic (exact) mass is 405 g/mol. The van der Waals surface area contributed by atoms with Crippen LogP contribution in [0.2, 0.25) is 0 Å². The third-order valence-corrected chi connectivity index (χ3v) is 4.64. The minimum atomic E-state index is -0.999. The molecule has 1 fully saturated rings. The number of methoxy groups -OCH3 is 1. The highest BCUT2D eigenvalue weighted by Gasteiger charge is 2.49. The van der Waals surface area contributed by atoms with Crippen LogP contribution in [0.3, 0.4) is 0 Å². The van der Waals surface area contributed by atoms with E-state index in [2.05, 4.69) is 22.6 Å². The van der Waals surface area contributed by atoms with Crippen LogP contribution in [0, 0.1) is 3.57 Å². The Morgan fingerprint density at radius 2 is 2.14 bits per heavy atom. The lowest BCUT2D eigenvalue weighted by molar-refractivity contribution is -0.205. The first-order valence-electron chi connectivity index (χ1n) is 6.97. The minimum absolute atomic E-state index is 0.0234. The fourth-order valence-electron chi connectivity index (χ4n) is 2.61. The van der Waals surface area contributed by atoms with E-state index in [4.69, 9.17) is 9.47 Å². The van der Waals surface area contributed by atoms with Gasteiger partial charge in [-0.2, -0.15) is 0 Å². The van der Waals surface area contributed by atoms with Gasteiger partial charge < -0.3 is 14.6 Å². The first-order chi connectivity index (χ1) is 10.1. The number of hydrogen-bond donors (Lipinski definition) is 1. The molecule has 6 heteroatoms. The fraction of sp³-hybridized carbons (Fsp3) is 0.533. The second kappa shape index (κ2) is 6.93. The molecule has 1 N–H and O–H groups in total. The third kappa shape index (κ3) is 3.32. The Bertz CT molecular complexity index is 506. The van der Waals surface area contributed by atoms with E-state index in [9.17, 15) is 9.90 Å². The van der Waals surface area contributed by atoms with Crippen LogP contribution in [0.25, 0.3) is 0 Å². The fourth-order valence-corrected chi connectivity index (χ4v) is 3.42. The third-order valence-electron chi connectivity index (χ3n) is 3.70. The van der Waals surface area contributed by atoms with E-state index in [-0.39, 0.29) is 12.8 Å². The van der Waals surface area contributed by atoms with Gasteiger partial charge in [0.05, 0.1) is 0 Å². The summed E-state index contributed by atoms with van der Waals surface area (Å²) in [5.41, 5.74) is -0.125. The maximum atomic E-state index is 11.8. The van der Waals surface area contributed by atoms with E-state index in [0.717, 1.165) is 22.0 Å². The van der Waals surface area contributed by atoms with Crippen molar-refractivity contribution in [1.82, 2.24) is 4.90 Å². The summed E-state index contributed by atoms with van der Waals surface area (Å²) in [5, 5.41) is 9.70. The maximum absolute atomic E-state index is 11.8. The number of hydrogen-bond acceptors (Lipinski definition) is 3. The van der Waals surface area contributed by atoms with Crippen molar-refractivity contribution in [3.63, 3.8) is 0 Å². The number of benzene rings is 1. The highest BCUT2D eigenvalue weighted by atomic mass is 127. The van der Waals surface area contributed by atoms with Crippen molar-refractivity contribution in [2.45, 2.75) is 38.0 Å².